The van der Waals surface area contributed by atoms with Gasteiger partial charge in [0.1, 0.15) is 17.2 Å². The van der Waals surface area contributed by atoms with Gasteiger partial charge >= 0.3 is 5.97 Å². The van der Waals surface area contributed by atoms with Gasteiger partial charge in [0, 0.05) is 70.7 Å². The summed E-state index contributed by atoms with van der Waals surface area (Å²) in [6.45, 7) is 11.0. The second kappa shape index (κ2) is 15.2. The number of ether oxygens (including phenoxy) is 2. The highest BCUT2D eigenvalue weighted by Crippen LogP contribution is 2.46. The first-order valence-electron chi connectivity index (χ1n) is 19.2. The monoisotopic (exact) mass is 818 g/mol. The van der Waals surface area contributed by atoms with Crippen LogP contribution in [0, 0.1) is 27.7 Å². The number of hydrogen-bond donors (Lipinski definition) is 1. The van der Waals surface area contributed by atoms with Crippen molar-refractivity contribution in [3.8, 4) is 22.6 Å². The molecule has 298 valence electrons. The third kappa shape index (κ3) is 6.56. The van der Waals surface area contributed by atoms with E-state index in [4.69, 9.17) is 37.8 Å². The lowest BCUT2D eigenvalue weighted by Gasteiger charge is -2.35. The predicted octanol–water partition coefficient (Wildman–Crippen LogP) is 9.71. The fraction of sp³-hybridized carbons (Fsp3) is 0.289. The highest BCUT2D eigenvalue weighted by molar-refractivity contribution is 6.35. The second-order valence-corrected chi connectivity index (χ2v) is 15.9. The molecule has 0 saturated heterocycles. The van der Waals surface area contributed by atoms with Crippen LogP contribution in [0.4, 0.5) is 5.69 Å². The number of aryl methyl sites for hydroxylation is 5. The molecule has 0 fully saturated rings. The van der Waals surface area contributed by atoms with Crippen LogP contribution in [-0.4, -0.2) is 61.1 Å². The number of fused-ring (bicyclic) bond motifs is 4. The van der Waals surface area contributed by atoms with Gasteiger partial charge in [-0.15, -0.1) is 0 Å². The Morgan fingerprint density at radius 1 is 0.983 bits per heavy atom. The third-order valence-electron chi connectivity index (χ3n) is 11.3. The first-order chi connectivity index (χ1) is 27.8. The summed E-state index contributed by atoms with van der Waals surface area (Å²) in [5, 5.41) is 18.6. The molecule has 13 heteroatoms. The summed E-state index contributed by atoms with van der Waals surface area (Å²) in [5.74, 6) is -0.147. The van der Waals surface area contributed by atoms with Crippen molar-refractivity contribution in [3.63, 3.8) is 0 Å². The molecule has 5 heterocycles. The molecule has 7 aromatic rings. The lowest BCUT2D eigenvalue weighted by atomic mass is 9.98. The van der Waals surface area contributed by atoms with Gasteiger partial charge in [-0.25, -0.2) is 4.79 Å². The Bertz CT molecular complexity index is 2760. The van der Waals surface area contributed by atoms with Crippen molar-refractivity contribution in [2.45, 2.75) is 60.0 Å². The number of anilines is 1. The fourth-order valence-corrected chi connectivity index (χ4v) is 8.96. The number of carbonyl (C=O) groups excluding carboxylic acids is 2. The number of hydrogen-bond acceptors (Lipinski definition) is 7. The molecule has 1 amide bonds. The molecular weight excluding hydrogens is 775 g/mol. The number of benzene rings is 3. The molecule has 1 atom stereocenters. The SMILES string of the molecule is COC(=O)c1cn(Cc2ccccn2)c2c(N3C[C@@H](C)n4c(c(CCCOc5cc(C)c(Cl)c(C)c5)c5ccc(Cl)c(-c6c(C)nn(C)c6C)c54)C3=O)cc(O)cc12. The molecule has 11 nitrogen and oxygen atoms in total. The van der Waals surface area contributed by atoms with Crippen molar-refractivity contribution in [1.82, 2.24) is 23.9 Å². The number of carbonyl (C=O) groups is 2. The highest BCUT2D eigenvalue weighted by atomic mass is 35.5. The third-order valence-corrected chi connectivity index (χ3v) is 12.2. The number of phenols is 1. The van der Waals surface area contributed by atoms with Crippen LogP contribution in [-0.2, 0) is 24.8 Å². The Hall–Kier alpha value is -5.78. The minimum absolute atomic E-state index is 0.0866. The maximum atomic E-state index is 15.4. The van der Waals surface area contributed by atoms with Gasteiger partial charge in [0.05, 0.1) is 59.0 Å². The van der Waals surface area contributed by atoms with Crippen molar-refractivity contribution in [2.24, 2.45) is 7.05 Å². The number of pyridine rings is 1. The number of aromatic nitrogens is 5. The molecule has 0 saturated carbocycles. The Morgan fingerprint density at radius 3 is 2.41 bits per heavy atom. The van der Waals surface area contributed by atoms with Crippen molar-refractivity contribution in [2.75, 3.05) is 25.2 Å². The standard InChI is InChI=1S/C45H44Cl2N6O5/c1-24-17-31(18-25(2)40(24)47)58-16-10-12-32-33-13-14-36(46)39(38-27(4)49-50(6)28(38)5)42(33)53-26(3)21-52(44(55)43(32)53)37-20-30(54)19-34-35(45(56)57-7)23-51(41(34)37)22-29-11-8-9-15-48-29/h8-9,11,13-15,17-20,23,26,54H,10,12,16,21-22H2,1-7H3/t26-/m1/s1. The van der Waals surface area contributed by atoms with Crippen molar-refractivity contribution in [1.29, 1.82) is 0 Å². The average molecular weight is 820 g/mol. The van der Waals surface area contributed by atoms with E-state index < -0.39 is 5.97 Å². The zero-order chi connectivity index (χ0) is 41.2. The number of amides is 1. The number of methoxy groups -OCH3 is 1. The van der Waals surface area contributed by atoms with Crippen LogP contribution in [0.1, 0.15) is 74.0 Å². The van der Waals surface area contributed by atoms with Crippen LogP contribution < -0.4 is 9.64 Å². The van der Waals surface area contributed by atoms with Gasteiger partial charge in [0.15, 0.2) is 0 Å². The number of esters is 1. The van der Waals surface area contributed by atoms with E-state index in [1.807, 2.05) is 86.5 Å². The summed E-state index contributed by atoms with van der Waals surface area (Å²) >= 11 is 13.6. The second-order valence-electron chi connectivity index (χ2n) is 15.1. The molecule has 3 aromatic carbocycles. The largest absolute Gasteiger partial charge is 0.508 e. The molecule has 0 aliphatic carbocycles. The summed E-state index contributed by atoms with van der Waals surface area (Å²) in [6.07, 6.45) is 4.55. The van der Waals surface area contributed by atoms with Gasteiger partial charge in [-0.05, 0) is 101 Å². The van der Waals surface area contributed by atoms with Gasteiger partial charge in [0.2, 0.25) is 0 Å². The maximum absolute atomic E-state index is 15.4. The van der Waals surface area contributed by atoms with Crippen molar-refractivity contribution >= 4 is 62.6 Å². The smallest absolute Gasteiger partial charge is 0.340 e. The summed E-state index contributed by atoms with van der Waals surface area (Å²) in [5.41, 5.74) is 9.81. The maximum Gasteiger partial charge on any atom is 0.340 e. The summed E-state index contributed by atoms with van der Waals surface area (Å²) in [4.78, 5) is 34.8. The molecule has 1 aliphatic heterocycles. The minimum Gasteiger partial charge on any atom is -0.508 e. The number of rotatable bonds is 10. The van der Waals surface area contributed by atoms with Gasteiger partial charge in [-0.3, -0.25) is 14.5 Å². The lowest BCUT2D eigenvalue weighted by molar-refractivity contribution is 0.0602. The zero-order valence-corrected chi connectivity index (χ0v) is 35.0. The van der Waals surface area contributed by atoms with Crippen molar-refractivity contribution < 1.29 is 24.2 Å². The van der Waals surface area contributed by atoms with Gasteiger partial charge in [0.25, 0.3) is 5.91 Å². The molecular formula is C45H44Cl2N6O5. The van der Waals surface area contributed by atoms with E-state index in [-0.39, 0.29) is 29.8 Å². The Labute approximate surface area is 346 Å². The van der Waals surface area contributed by atoms with E-state index in [2.05, 4.69) is 16.5 Å². The topological polar surface area (TPSA) is 117 Å². The van der Waals surface area contributed by atoms with E-state index in [0.717, 1.165) is 66.6 Å². The summed E-state index contributed by atoms with van der Waals surface area (Å²) < 4.78 is 17.3. The summed E-state index contributed by atoms with van der Waals surface area (Å²) in [7, 11) is 3.24. The quantitative estimate of drug-likeness (QED) is 0.108. The van der Waals surface area contributed by atoms with E-state index in [1.54, 1.807) is 23.4 Å². The zero-order valence-electron chi connectivity index (χ0n) is 33.5. The molecule has 0 radical (unpaired) electrons. The molecule has 1 aliphatic rings. The molecule has 4 aromatic heterocycles. The number of nitrogens with zero attached hydrogens (tertiary/aromatic N) is 6. The molecule has 1 N–H and O–H groups in total. The molecule has 0 unspecified atom stereocenters. The molecule has 58 heavy (non-hydrogen) atoms. The predicted molar refractivity (Wildman–Crippen MR) is 228 cm³/mol. The van der Waals surface area contributed by atoms with Crippen LogP contribution >= 0.6 is 23.2 Å². The van der Waals surface area contributed by atoms with Crippen LogP contribution in [0.3, 0.4) is 0 Å². The molecule has 8 rings (SSSR count). The van der Waals surface area contributed by atoms with E-state index >= 15 is 4.79 Å². The van der Waals surface area contributed by atoms with Crippen LogP contribution in [0.2, 0.25) is 10.0 Å². The van der Waals surface area contributed by atoms with Crippen molar-refractivity contribution in [3.05, 3.63) is 122 Å². The molecule has 0 bridgehead atoms. The van der Waals surface area contributed by atoms with Gasteiger partial charge in [-0.1, -0.05) is 35.3 Å². The Morgan fingerprint density at radius 2 is 1.74 bits per heavy atom. The van der Waals surface area contributed by atoms with Crippen LogP contribution in [0.25, 0.3) is 32.9 Å². The van der Waals surface area contributed by atoms with Crippen LogP contribution in [0.5, 0.6) is 11.5 Å². The fourth-order valence-electron chi connectivity index (χ4n) is 8.61. The average Bonchev–Trinajstić information content (AvgIpc) is 3.81. The van der Waals surface area contributed by atoms with E-state index in [1.165, 1.54) is 13.2 Å². The first-order valence-corrected chi connectivity index (χ1v) is 20.0. The van der Waals surface area contributed by atoms with E-state index in [0.29, 0.717) is 53.3 Å². The number of phenolic OH excluding ortho intramolecular Hbond substituents is 1. The van der Waals surface area contributed by atoms with Gasteiger partial charge in [-0.2, -0.15) is 5.10 Å². The molecule has 0 spiro atoms. The number of halogens is 2. The lowest BCUT2D eigenvalue weighted by Crippen LogP contribution is -2.43. The highest BCUT2D eigenvalue weighted by Gasteiger charge is 2.38. The van der Waals surface area contributed by atoms with E-state index in [9.17, 15) is 9.90 Å². The number of aromatic hydroxyl groups is 1. The van der Waals surface area contributed by atoms with Crippen LogP contribution in [0.15, 0.2) is 67.0 Å². The first kappa shape index (κ1) is 39.1. The Kier molecular flexibility index (Phi) is 10.2. The van der Waals surface area contributed by atoms with Gasteiger partial charge < -0.3 is 28.6 Å². The normalized spacial score (nSPS) is 14.1. The summed E-state index contributed by atoms with van der Waals surface area (Å²) in [6, 6.07) is 16.3. The Balaban J connectivity index is 1.30. The minimum atomic E-state index is -0.557.